The van der Waals surface area contributed by atoms with Crippen LogP contribution in [0.25, 0.3) is 0 Å². The minimum Gasteiger partial charge on any atom is -0.396 e. The van der Waals surface area contributed by atoms with Crippen molar-refractivity contribution in [3.63, 3.8) is 0 Å². The lowest BCUT2D eigenvalue weighted by atomic mass is 10.1. The van der Waals surface area contributed by atoms with Crippen LogP contribution in [0.1, 0.15) is 38.7 Å². The van der Waals surface area contributed by atoms with E-state index >= 15 is 0 Å². The minimum absolute atomic E-state index is 0.277. The van der Waals surface area contributed by atoms with Crippen LogP contribution in [0.2, 0.25) is 0 Å². The van der Waals surface area contributed by atoms with Gasteiger partial charge < -0.3 is 10.0 Å². The van der Waals surface area contributed by atoms with Gasteiger partial charge in [0.2, 0.25) is 0 Å². The fraction of sp³-hybridized carbons (Fsp3) is 0.600. The summed E-state index contributed by atoms with van der Waals surface area (Å²) in [5, 5.41) is 8.97. The number of aryl methyl sites for hydroxylation is 1. The fourth-order valence-electron chi connectivity index (χ4n) is 2.91. The first-order valence-corrected chi connectivity index (χ1v) is 6.71. The van der Waals surface area contributed by atoms with Gasteiger partial charge in [0.25, 0.3) is 0 Å². The molecule has 0 saturated carbocycles. The molecule has 0 bridgehead atoms. The van der Waals surface area contributed by atoms with Crippen molar-refractivity contribution in [2.45, 2.75) is 51.6 Å². The third kappa shape index (κ3) is 2.63. The average molecular weight is 233 g/mol. The molecular formula is C15H23NO. The number of para-hydroxylation sites is 1. The first kappa shape index (κ1) is 12.4. The predicted octanol–water partition coefficient (Wildman–Crippen LogP) is 2.99. The number of hydrogen-bond donors (Lipinski definition) is 1. The molecule has 0 spiro atoms. The summed E-state index contributed by atoms with van der Waals surface area (Å²) in [4.78, 5) is 2.55. The van der Waals surface area contributed by atoms with Crippen molar-refractivity contribution in [2.24, 2.45) is 0 Å². The maximum Gasteiger partial charge on any atom is 0.0434 e. The van der Waals surface area contributed by atoms with Gasteiger partial charge in [0.05, 0.1) is 0 Å². The van der Waals surface area contributed by atoms with Crippen LogP contribution in [0.3, 0.4) is 0 Å². The van der Waals surface area contributed by atoms with Gasteiger partial charge in [-0.05, 0) is 51.2 Å². The Bertz CT molecular complexity index is 354. The summed E-state index contributed by atoms with van der Waals surface area (Å²) in [5.74, 6) is 0. The predicted molar refractivity (Wildman–Crippen MR) is 72.5 cm³/mol. The van der Waals surface area contributed by atoms with E-state index in [1.807, 2.05) is 0 Å². The highest BCUT2D eigenvalue weighted by Crippen LogP contribution is 2.32. The van der Waals surface area contributed by atoms with E-state index in [1.54, 1.807) is 0 Å². The number of rotatable bonds is 4. The van der Waals surface area contributed by atoms with Crippen molar-refractivity contribution in [1.29, 1.82) is 0 Å². The molecule has 2 nitrogen and oxygen atoms in total. The Kier molecular flexibility index (Phi) is 4.06. The van der Waals surface area contributed by atoms with Gasteiger partial charge in [0, 0.05) is 24.4 Å². The zero-order valence-electron chi connectivity index (χ0n) is 10.9. The number of benzene rings is 1. The van der Waals surface area contributed by atoms with Gasteiger partial charge in [-0.1, -0.05) is 18.2 Å². The fourth-order valence-corrected chi connectivity index (χ4v) is 2.91. The van der Waals surface area contributed by atoms with Crippen molar-refractivity contribution in [1.82, 2.24) is 0 Å². The highest BCUT2D eigenvalue weighted by Gasteiger charge is 2.28. The Morgan fingerprint density at radius 3 is 2.47 bits per heavy atom. The molecule has 0 amide bonds. The summed E-state index contributed by atoms with van der Waals surface area (Å²) in [5.41, 5.74) is 2.75. The zero-order chi connectivity index (χ0) is 12.3. The largest absolute Gasteiger partial charge is 0.396 e. The van der Waals surface area contributed by atoms with Crippen LogP contribution < -0.4 is 4.90 Å². The van der Waals surface area contributed by atoms with Crippen LogP contribution in [0.4, 0.5) is 5.69 Å². The minimum atomic E-state index is 0.277. The maximum absolute atomic E-state index is 8.97. The molecule has 94 valence electrons. The standard InChI is InChI=1S/C15H23NO/c1-12-9-10-13(2)16(12)15-8-4-3-6-14(15)7-5-11-17/h3-4,6,8,12-13,17H,5,7,9-11H2,1-2H3. The van der Waals surface area contributed by atoms with E-state index in [2.05, 4.69) is 43.0 Å². The van der Waals surface area contributed by atoms with E-state index in [4.69, 9.17) is 5.11 Å². The molecule has 1 fully saturated rings. The molecule has 2 unspecified atom stereocenters. The Morgan fingerprint density at radius 1 is 1.18 bits per heavy atom. The summed E-state index contributed by atoms with van der Waals surface area (Å²) in [6.07, 6.45) is 4.40. The molecular weight excluding hydrogens is 210 g/mol. The molecule has 17 heavy (non-hydrogen) atoms. The summed E-state index contributed by atoms with van der Waals surface area (Å²) in [6.45, 7) is 4.90. The van der Waals surface area contributed by atoms with Gasteiger partial charge in [-0.3, -0.25) is 0 Å². The van der Waals surface area contributed by atoms with E-state index < -0.39 is 0 Å². The molecule has 1 N–H and O–H groups in total. The van der Waals surface area contributed by atoms with Gasteiger partial charge in [-0.2, -0.15) is 0 Å². The lowest BCUT2D eigenvalue weighted by Crippen LogP contribution is -2.33. The first-order chi connectivity index (χ1) is 8.24. The van der Waals surface area contributed by atoms with Gasteiger partial charge in [0.1, 0.15) is 0 Å². The van der Waals surface area contributed by atoms with Crippen molar-refractivity contribution in [2.75, 3.05) is 11.5 Å². The van der Waals surface area contributed by atoms with Gasteiger partial charge in [-0.25, -0.2) is 0 Å². The van der Waals surface area contributed by atoms with Crippen molar-refractivity contribution in [3.8, 4) is 0 Å². The Hall–Kier alpha value is -1.02. The summed E-state index contributed by atoms with van der Waals surface area (Å²) >= 11 is 0. The van der Waals surface area contributed by atoms with E-state index in [-0.39, 0.29) is 6.61 Å². The molecule has 2 rings (SSSR count). The van der Waals surface area contributed by atoms with Gasteiger partial charge in [-0.15, -0.1) is 0 Å². The van der Waals surface area contributed by atoms with Crippen LogP contribution in [0.5, 0.6) is 0 Å². The molecule has 1 heterocycles. The third-order valence-corrected chi connectivity index (χ3v) is 3.83. The second-order valence-corrected chi connectivity index (χ2v) is 5.14. The number of hydrogen-bond acceptors (Lipinski definition) is 2. The zero-order valence-corrected chi connectivity index (χ0v) is 10.9. The van der Waals surface area contributed by atoms with Crippen molar-refractivity contribution >= 4 is 5.69 Å². The monoisotopic (exact) mass is 233 g/mol. The van der Waals surface area contributed by atoms with Crippen LogP contribution >= 0.6 is 0 Å². The highest BCUT2D eigenvalue weighted by atomic mass is 16.2. The van der Waals surface area contributed by atoms with Crippen molar-refractivity contribution < 1.29 is 5.11 Å². The topological polar surface area (TPSA) is 23.5 Å². The van der Waals surface area contributed by atoms with E-state index in [0.717, 1.165) is 12.8 Å². The number of nitrogens with zero attached hydrogens (tertiary/aromatic N) is 1. The molecule has 1 aromatic carbocycles. The normalized spacial score (nSPS) is 24.3. The third-order valence-electron chi connectivity index (χ3n) is 3.83. The summed E-state index contributed by atoms with van der Waals surface area (Å²) < 4.78 is 0. The molecule has 0 aliphatic carbocycles. The lowest BCUT2D eigenvalue weighted by molar-refractivity contribution is 0.288. The molecule has 1 aliphatic heterocycles. The molecule has 2 heteroatoms. The van der Waals surface area contributed by atoms with E-state index in [1.165, 1.54) is 24.1 Å². The number of aliphatic hydroxyl groups excluding tert-OH is 1. The van der Waals surface area contributed by atoms with Crippen LogP contribution in [0.15, 0.2) is 24.3 Å². The smallest absolute Gasteiger partial charge is 0.0434 e. The SMILES string of the molecule is CC1CCC(C)N1c1ccccc1CCCO. The molecule has 0 aromatic heterocycles. The maximum atomic E-state index is 8.97. The van der Waals surface area contributed by atoms with Crippen LogP contribution in [-0.2, 0) is 6.42 Å². The van der Waals surface area contributed by atoms with Crippen molar-refractivity contribution in [3.05, 3.63) is 29.8 Å². The van der Waals surface area contributed by atoms with Crippen LogP contribution in [0, 0.1) is 0 Å². The highest BCUT2D eigenvalue weighted by molar-refractivity contribution is 5.56. The summed E-state index contributed by atoms with van der Waals surface area (Å²) in [7, 11) is 0. The van der Waals surface area contributed by atoms with E-state index in [9.17, 15) is 0 Å². The van der Waals surface area contributed by atoms with E-state index in [0.29, 0.717) is 12.1 Å². The Labute approximate surface area is 104 Å². The summed E-state index contributed by atoms with van der Waals surface area (Å²) in [6, 6.07) is 9.92. The second-order valence-electron chi connectivity index (χ2n) is 5.14. The second kappa shape index (κ2) is 5.54. The molecule has 1 aromatic rings. The quantitative estimate of drug-likeness (QED) is 0.864. The first-order valence-electron chi connectivity index (χ1n) is 6.71. The Morgan fingerprint density at radius 2 is 1.82 bits per heavy atom. The lowest BCUT2D eigenvalue weighted by Gasteiger charge is -2.30. The average Bonchev–Trinajstić information content (AvgIpc) is 2.67. The number of aliphatic hydroxyl groups is 1. The molecule has 0 radical (unpaired) electrons. The van der Waals surface area contributed by atoms with Gasteiger partial charge >= 0.3 is 0 Å². The molecule has 1 aliphatic rings. The molecule has 2 atom stereocenters. The molecule has 1 saturated heterocycles. The Balaban J connectivity index is 2.24. The van der Waals surface area contributed by atoms with Crippen LogP contribution in [-0.4, -0.2) is 23.8 Å². The van der Waals surface area contributed by atoms with Gasteiger partial charge in [0.15, 0.2) is 0 Å². The number of anilines is 1.